The Morgan fingerprint density at radius 2 is 1.76 bits per heavy atom. The fourth-order valence-electron chi connectivity index (χ4n) is 4.33. The van der Waals surface area contributed by atoms with Crippen LogP contribution in [0.25, 0.3) is 0 Å². The van der Waals surface area contributed by atoms with Gasteiger partial charge in [-0.05, 0) is 60.6 Å². The zero-order chi connectivity index (χ0) is 22.3. The Bertz CT molecular complexity index is 1070. The van der Waals surface area contributed by atoms with Gasteiger partial charge in [-0.15, -0.1) is 17.0 Å². The second kappa shape index (κ2) is 11.9. The molecule has 0 saturated heterocycles. The van der Waals surface area contributed by atoms with E-state index in [9.17, 15) is 0 Å². The van der Waals surface area contributed by atoms with E-state index in [2.05, 4.69) is 58.1 Å². The van der Waals surface area contributed by atoms with E-state index in [-0.39, 0.29) is 17.0 Å². The van der Waals surface area contributed by atoms with Crippen molar-refractivity contribution in [1.82, 2.24) is 15.6 Å². The Kier molecular flexibility index (Phi) is 8.41. The maximum Gasteiger partial charge on any atom is 0.231 e. The van der Waals surface area contributed by atoms with Crippen LogP contribution in [0.1, 0.15) is 35.6 Å². The van der Waals surface area contributed by atoms with Gasteiger partial charge < -0.3 is 20.1 Å². The Balaban J connectivity index is 0.00000274. The predicted octanol–water partition coefficient (Wildman–Crippen LogP) is 4.65. The monoisotopic (exact) mass is 522 g/mol. The molecule has 178 valence electrons. The molecule has 6 nitrogen and oxygen atoms in total. The van der Waals surface area contributed by atoms with E-state index < -0.39 is 0 Å². The van der Waals surface area contributed by atoms with Crippen LogP contribution in [0.2, 0.25) is 0 Å². The molecule has 0 bridgehead atoms. The lowest BCUT2D eigenvalue weighted by Crippen LogP contribution is -2.49. The minimum Gasteiger partial charge on any atom is -0.454 e. The number of pyridine rings is 1. The molecule has 0 unspecified atom stereocenters. The third-order valence-corrected chi connectivity index (χ3v) is 6.26. The van der Waals surface area contributed by atoms with Crippen molar-refractivity contribution in [3.63, 3.8) is 0 Å². The molecule has 0 atom stereocenters. The Morgan fingerprint density at radius 1 is 0.941 bits per heavy atom. The molecule has 2 N–H and O–H groups in total. The number of rotatable bonds is 8. The lowest BCUT2D eigenvalue weighted by molar-refractivity contribution is 0.174. The first-order valence-electron chi connectivity index (χ1n) is 11.7. The normalized spacial score (nSPS) is 18.5. The van der Waals surface area contributed by atoms with Crippen LogP contribution in [-0.2, 0) is 12.8 Å². The quantitative estimate of drug-likeness (QED) is 0.332. The van der Waals surface area contributed by atoms with Crippen molar-refractivity contribution < 1.29 is 9.47 Å². The van der Waals surface area contributed by atoms with Gasteiger partial charge in [0.15, 0.2) is 17.5 Å². The van der Waals surface area contributed by atoms with Crippen molar-refractivity contribution in [3.8, 4) is 11.5 Å². The van der Waals surface area contributed by atoms with E-state index >= 15 is 0 Å². The molecule has 3 aromatic rings. The summed E-state index contributed by atoms with van der Waals surface area (Å²) in [6.45, 7) is 1.80. The topological polar surface area (TPSA) is 67.8 Å². The zero-order valence-corrected chi connectivity index (χ0v) is 20.9. The van der Waals surface area contributed by atoms with E-state index in [1.54, 1.807) is 0 Å². The van der Waals surface area contributed by atoms with Gasteiger partial charge in [0.1, 0.15) is 0 Å². The fraction of sp³-hybridized carbons (Fsp3) is 0.333. The number of hydrogen-bond acceptors (Lipinski definition) is 4. The van der Waals surface area contributed by atoms with Crippen LogP contribution in [0.5, 0.6) is 11.5 Å². The smallest absolute Gasteiger partial charge is 0.231 e. The summed E-state index contributed by atoms with van der Waals surface area (Å²) in [5.74, 6) is 3.16. The second-order valence-corrected chi connectivity index (χ2v) is 8.59. The number of ether oxygens (including phenoxy) is 2. The summed E-state index contributed by atoms with van der Waals surface area (Å²) in [4.78, 5) is 9.24. The molecule has 0 amide bonds. The van der Waals surface area contributed by atoms with Gasteiger partial charge in [-0.1, -0.05) is 42.5 Å². The van der Waals surface area contributed by atoms with Gasteiger partial charge in [0, 0.05) is 37.4 Å². The van der Waals surface area contributed by atoms with Gasteiger partial charge in [0.05, 0.1) is 0 Å². The van der Waals surface area contributed by atoms with Crippen LogP contribution in [0.15, 0.2) is 77.9 Å². The third kappa shape index (κ3) is 6.29. The average Bonchev–Trinajstić information content (AvgIpc) is 3.30. The first kappa shape index (κ1) is 24.1. The Morgan fingerprint density at radius 3 is 2.59 bits per heavy atom. The van der Waals surface area contributed by atoms with Gasteiger partial charge in [-0.2, -0.15) is 0 Å². The van der Waals surface area contributed by atoms with E-state index in [1.165, 1.54) is 11.1 Å². The zero-order valence-electron chi connectivity index (χ0n) is 19.2. The van der Waals surface area contributed by atoms with Crippen LogP contribution >= 0.6 is 17.0 Å². The molecule has 1 aromatic heterocycles. The first-order chi connectivity index (χ1) is 16.3. The van der Waals surface area contributed by atoms with Gasteiger partial charge in [-0.3, -0.25) is 9.98 Å². The molecule has 1 aliphatic heterocycles. The van der Waals surface area contributed by atoms with Gasteiger partial charge >= 0.3 is 0 Å². The highest BCUT2D eigenvalue weighted by molar-refractivity contribution is 8.93. The molecule has 7 heteroatoms. The Labute approximate surface area is 211 Å². The molecular formula is C27H31BrN4O2. The van der Waals surface area contributed by atoms with Crippen LogP contribution < -0.4 is 20.1 Å². The summed E-state index contributed by atoms with van der Waals surface area (Å²) in [5.41, 5.74) is 3.71. The lowest BCUT2D eigenvalue weighted by Gasteiger charge is -2.37. The summed E-state index contributed by atoms with van der Waals surface area (Å²) >= 11 is 0. The number of nitrogens with zero attached hydrogens (tertiary/aromatic N) is 2. The van der Waals surface area contributed by atoms with Crippen LogP contribution in [-0.4, -0.2) is 36.9 Å². The molecular weight excluding hydrogens is 492 g/mol. The summed E-state index contributed by atoms with van der Waals surface area (Å²) in [7, 11) is 0. The van der Waals surface area contributed by atoms with E-state index in [4.69, 9.17) is 14.5 Å². The number of guanidine groups is 1. The molecule has 34 heavy (non-hydrogen) atoms. The summed E-state index contributed by atoms with van der Waals surface area (Å²) < 4.78 is 10.9. The van der Waals surface area contributed by atoms with Crippen LogP contribution in [0, 0.1) is 0 Å². The summed E-state index contributed by atoms with van der Waals surface area (Å²) in [6.07, 6.45) is 5.81. The second-order valence-electron chi connectivity index (χ2n) is 8.59. The molecule has 0 radical (unpaired) electrons. The Hall–Kier alpha value is -3.06. The highest BCUT2D eigenvalue weighted by atomic mass is 79.9. The number of aliphatic imine (C=N–C) groups is 1. The molecule has 5 rings (SSSR count). The van der Waals surface area contributed by atoms with Crippen LogP contribution in [0.4, 0.5) is 0 Å². The van der Waals surface area contributed by atoms with E-state index in [0.717, 1.165) is 55.4 Å². The van der Waals surface area contributed by atoms with Gasteiger partial charge in [0.25, 0.3) is 0 Å². The minimum atomic E-state index is 0. The highest BCUT2D eigenvalue weighted by Crippen LogP contribution is 2.36. The van der Waals surface area contributed by atoms with E-state index in [0.29, 0.717) is 25.3 Å². The van der Waals surface area contributed by atoms with Gasteiger partial charge in [-0.25, -0.2) is 0 Å². The third-order valence-electron chi connectivity index (χ3n) is 6.26. The number of nitrogens with one attached hydrogen (secondary N) is 2. The largest absolute Gasteiger partial charge is 0.454 e. The maximum atomic E-state index is 5.50. The summed E-state index contributed by atoms with van der Waals surface area (Å²) in [6, 6.07) is 23.4. The number of hydrogen-bond donors (Lipinski definition) is 2. The van der Waals surface area contributed by atoms with Crippen molar-refractivity contribution in [1.29, 1.82) is 0 Å². The summed E-state index contributed by atoms with van der Waals surface area (Å²) in [5, 5.41) is 7.16. The lowest BCUT2D eigenvalue weighted by atomic mass is 9.76. The molecule has 0 spiro atoms. The molecule has 2 aromatic carbocycles. The number of fused-ring (bicyclic) bond motifs is 1. The van der Waals surface area contributed by atoms with Crippen LogP contribution in [0.3, 0.4) is 0 Å². The van der Waals surface area contributed by atoms with Gasteiger partial charge in [0.2, 0.25) is 6.79 Å². The molecule has 1 aliphatic carbocycles. The predicted molar refractivity (Wildman–Crippen MR) is 140 cm³/mol. The first-order valence-corrected chi connectivity index (χ1v) is 11.7. The molecule has 1 saturated carbocycles. The van der Waals surface area contributed by atoms with Crippen molar-refractivity contribution in [2.45, 2.75) is 37.6 Å². The van der Waals surface area contributed by atoms with Crippen molar-refractivity contribution in [2.75, 3.05) is 19.9 Å². The van der Waals surface area contributed by atoms with Crippen molar-refractivity contribution in [3.05, 3.63) is 89.7 Å². The SMILES string of the molecule is Br.c1ccc(C2CC(NC(=NCCc3ccccn3)NCCc3ccc4c(c3)OCO4)C2)cc1. The molecule has 2 heterocycles. The fourth-order valence-corrected chi connectivity index (χ4v) is 4.33. The van der Waals surface area contributed by atoms with Crippen molar-refractivity contribution >= 4 is 22.9 Å². The van der Waals surface area contributed by atoms with Crippen molar-refractivity contribution in [2.24, 2.45) is 4.99 Å². The number of benzene rings is 2. The minimum absolute atomic E-state index is 0. The standard InChI is InChI=1S/C27H30N4O2.BrH/c1-2-6-21(7-3-1)22-17-24(18-22)31-27(30-15-12-23-8-4-5-13-28-23)29-14-11-20-9-10-25-26(16-20)33-19-32-25;/h1-10,13,16,22,24H,11-12,14-15,17-19H2,(H2,29,30,31);1H. The average molecular weight is 523 g/mol. The maximum absolute atomic E-state index is 5.50. The molecule has 2 aliphatic rings. The number of aromatic nitrogens is 1. The highest BCUT2D eigenvalue weighted by Gasteiger charge is 2.30. The number of halogens is 1. The molecule has 1 fully saturated rings. The van der Waals surface area contributed by atoms with E-state index in [1.807, 2.05) is 30.5 Å².